The topological polar surface area (TPSA) is 95.9 Å². The maximum absolute atomic E-state index is 13.8. The number of esters is 1. The number of hydrogen-bond donors (Lipinski definition) is 2. The second-order valence-corrected chi connectivity index (χ2v) is 9.64. The second kappa shape index (κ2) is 10.3. The standard InChI is InChI=1S/C25H33ClN2O5/c1-6-33-25(32)19-14(4)10-11-16-20(19)24(31)28(18(12-29)13(2)3)22(16)23(30)27-21-15(5)8-7-9-17(21)26/h7-11,13-14,16,18-20,22,29H,6,12H2,1-5H3,(H,27,30)/t14-,16+,18+,19-,20+,22+/m1/s1. The molecule has 0 aromatic heterocycles. The zero-order valence-electron chi connectivity index (χ0n) is 19.7. The molecule has 1 fully saturated rings. The van der Waals surface area contributed by atoms with Gasteiger partial charge in [0.25, 0.3) is 0 Å². The molecule has 1 aromatic carbocycles. The number of aliphatic hydroxyl groups is 1. The van der Waals surface area contributed by atoms with Gasteiger partial charge in [-0.05, 0) is 37.3 Å². The van der Waals surface area contributed by atoms with E-state index in [-0.39, 0.29) is 31.0 Å². The smallest absolute Gasteiger partial charge is 0.310 e. The van der Waals surface area contributed by atoms with E-state index in [2.05, 4.69) is 5.32 Å². The molecule has 2 amide bonds. The van der Waals surface area contributed by atoms with Crippen LogP contribution in [0.4, 0.5) is 5.69 Å². The van der Waals surface area contributed by atoms with Gasteiger partial charge < -0.3 is 20.1 Å². The van der Waals surface area contributed by atoms with Gasteiger partial charge in [-0.3, -0.25) is 14.4 Å². The lowest BCUT2D eigenvalue weighted by atomic mass is 9.70. The number of carbonyl (C=O) groups excluding carboxylic acids is 3. The average molecular weight is 477 g/mol. The SMILES string of the molecule is CCOC(=O)[C@H]1[C@H]2C(=O)N([C@@H](CO)C(C)C)[C@H](C(=O)Nc3c(C)cccc3Cl)[C@H]2C=C[C@H]1C. The van der Waals surface area contributed by atoms with Gasteiger partial charge >= 0.3 is 5.97 Å². The van der Waals surface area contributed by atoms with Crippen molar-refractivity contribution in [2.45, 2.75) is 46.7 Å². The van der Waals surface area contributed by atoms with Crippen LogP contribution in [-0.4, -0.2) is 53.1 Å². The number of amides is 2. The van der Waals surface area contributed by atoms with E-state index in [1.807, 2.05) is 45.9 Å². The monoisotopic (exact) mass is 476 g/mol. The van der Waals surface area contributed by atoms with Gasteiger partial charge in [0.05, 0.1) is 41.8 Å². The van der Waals surface area contributed by atoms with Gasteiger partial charge in [-0.1, -0.05) is 56.7 Å². The van der Waals surface area contributed by atoms with Crippen molar-refractivity contribution in [3.63, 3.8) is 0 Å². The molecule has 1 aromatic rings. The van der Waals surface area contributed by atoms with Crippen LogP contribution in [0.25, 0.3) is 0 Å². The van der Waals surface area contributed by atoms with Crippen molar-refractivity contribution in [1.29, 1.82) is 0 Å². The Morgan fingerprint density at radius 2 is 1.97 bits per heavy atom. The second-order valence-electron chi connectivity index (χ2n) is 9.23. The first-order valence-corrected chi connectivity index (χ1v) is 11.9. The molecular formula is C25H33ClN2O5. The van der Waals surface area contributed by atoms with E-state index in [1.165, 1.54) is 4.90 Å². The molecule has 0 radical (unpaired) electrons. The molecule has 0 unspecified atom stereocenters. The Labute approximate surface area is 200 Å². The van der Waals surface area contributed by atoms with Crippen molar-refractivity contribution in [3.05, 3.63) is 40.9 Å². The molecule has 180 valence electrons. The number of aliphatic hydroxyl groups excluding tert-OH is 1. The average Bonchev–Trinajstić information content (AvgIpc) is 3.03. The molecule has 2 N–H and O–H groups in total. The molecular weight excluding hydrogens is 444 g/mol. The Balaban J connectivity index is 2.06. The van der Waals surface area contributed by atoms with E-state index in [0.29, 0.717) is 10.7 Å². The molecule has 1 heterocycles. The van der Waals surface area contributed by atoms with Gasteiger partial charge in [-0.2, -0.15) is 0 Å². The first-order valence-electron chi connectivity index (χ1n) is 11.5. The minimum atomic E-state index is -0.890. The molecule has 0 bridgehead atoms. The van der Waals surface area contributed by atoms with Gasteiger partial charge in [0, 0.05) is 5.92 Å². The van der Waals surface area contributed by atoms with Crippen molar-refractivity contribution in [1.82, 2.24) is 4.90 Å². The number of rotatable bonds is 7. The highest BCUT2D eigenvalue weighted by atomic mass is 35.5. The zero-order valence-corrected chi connectivity index (χ0v) is 20.5. The highest BCUT2D eigenvalue weighted by Gasteiger charge is 2.58. The van der Waals surface area contributed by atoms with Crippen LogP contribution in [0.1, 0.15) is 33.3 Å². The number of aryl methyl sites for hydroxylation is 1. The number of hydrogen-bond acceptors (Lipinski definition) is 5. The molecule has 3 rings (SSSR count). The number of nitrogens with one attached hydrogen (secondary N) is 1. The van der Waals surface area contributed by atoms with E-state index in [0.717, 1.165) is 5.56 Å². The van der Waals surface area contributed by atoms with Crippen molar-refractivity contribution in [2.75, 3.05) is 18.5 Å². The van der Waals surface area contributed by atoms with Crippen LogP contribution in [0.15, 0.2) is 30.4 Å². The maximum atomic E-state index is 13.8. The Bertz CT molecular complexity index is 926. The lowest BCUT2D eigenvalue weighted by Gasteiger charge is -2.35. The number of likely N-dealkylation sites (tertiary alicyclic amines) is 1. The first kappa shape index (κ1) is 25.2. The quantitative estimate of drug-likeness (QED) is 0.464. The van der Waals surface area contributed by atoms with Crippen LogP contribution in [0.2, 0.25) is 5.02 Å². The summed E-state index contributed by atoms with van der Waals surface area (Å²) in [6.45, 7) is 9.15. The van der Waals surface area contributed by atoms with Crippen LogP contribution in [0.3, 0.4) is 0 Å². The highest BCUT2D eigenvalue weighted by molar-refractivity contribution is 6.34. The summed E-state index contributed by atoms with van der Waals surface area (Å²) in [4.78, 5) is 41.8. The lowest BCUT2D eigenvalue weighted by molar-refractivity contribution is -0.156. The number of benzene rings is 1. The van der Waals surface area contributed by atoms with Crippen LogP contribution in [0, 0.1) is 36.5 Å². The van der Waals surface area contributed by atoms with E-state index in [1.54, 1.807) is 19.1 Å². The van der Waals surface area contributed by atoms with Gasteiger partial charge in [0.15, 0.2) is 0 Å². The van der Waals surface area contributed by atoms with Gasteiger partial charge in [0.1, 0.15) is 6.04 Å². The summed E-state index contributed by atoms with van der Waals surface area (Å²) < 4.78 is 5.29. The summed E-state index contributed by atoms with van der Waals surface area (Å²) in [6, 6.07) is 3.86. The Morgan fingerprint density at radius 1 is 1.27 bits per heavy atom. The minimum Gasteiger partial charge on any atom is -0.466 e. The Hall–Kier alpha value is -2.38. The zero-order chi connectivity index (χ0) is 24.4. The largest absolute Gasteiger partial charge is 0.466 e. The third-order valence-corrected chi connectivity index (χ3v) is 7.14. The van der Waals surface area contributed by atoms with Crippen LogP contribution >= 0.6 is 11.6 Å². The number of allylic oxidation sites excluding steroid dienone is 1. The molecule has 33 heavy (non-hydrogen) atoms. The summed E-state index contributed by atoms with van der Waals surface area (Å²) >= 11 is 6.33. The predicted octanol–water partition coefficient (Wildman–Crippen LogP) is 3.43. The molecule has 1 aliphatic carbocycles. The Kier molecular flexibility index (Phi) is 7.85. The molecule has 8 heteroatoms. The van der Waals surface area contributed by atoms with Crippen molar-refractivity contribution in [2.24, 2.45) is 29.6 Å². The van der Waals surface area contributed by atoms with Gasteiger partial charge in [0.2, 0.25) is 11.8 Å². The van der Waals surface area contributed by atoms with Gasteiger partial charge in [-0.15, -0.1) is 0 Å². The minimum absolute atomic E-state index is 0.0982. The number of para-hydroxylation sites is 1. The van der Waals surface area contributed by atoms with E-state index < -0.39 is 41.7 Å². The summed E-state index contributed by atoms with van der Waals surface area (Å²) in [5.41, 5.74) is 1.28. The normalized spacial score (nSPS) is 27.5. The number of anilines is 1. The molecule has 0 saturated carbocycles. The molecule has 6 atom stereocenters. The number of nitrogens with zero attached hydrogens (tertiary/aromatic N) is 1. The van der Waals surface area contributed by atoms with Crippen LogP contribution < -0.4 is 5.32 Å². The van der Waals surface area contributed by atoms with Crippen LogP contribution in [0.5, 0.6) is 0 Å². The highest BCUT2D eigenvalue weighted by Crippen LogP contribution is 2.46. The molecule has 7 nitrogen and oxygen atoms in total. The summed E-state index contributed by atoms with van der Waals surface area (Å²) in [7, 11) is 0. The fourth-order valence-electron chi connectivity index (χ4n) is 5.10. The number of fused-ring (bicyclic) bond motifs is 1. The predicted molar refractivity (Wildman–Crippen MR) is 127 cm³/mol. The Morgan fingerprint density at radius 3 is 2.55 bits per heavy atom. The van der Waals surface area contributed by atoms with Crippen molar-refractivity contribution in [3.8, 4) is 0 Å². The number of carbonyl (C=O) groups is 3. The molecule has 0 spiro atoms. The maximum Gasteiger partial charge on any atom is 0.310 e. The van der Waals surface area contributed by atoms with E-state index in [9.17, 15) is 19.5 Å². The van der Waals surface area contributed by atoms with Crippen molar-refractivity contribution < 1.29 is 24.2 Å². The fraction of sp³-hybridized carbons (Fsp3) is 0.560. The number of ether oxygens (including phenoxy) is 1. The van der Waals surface area contributed by atoms with E-state index in [4.69, 9.17) is 16.3 Å². The third kappa shape index (κ3) is 4.66. The lowest BCUT2D eigenvalue weighted by Crippen LogP contribution is -2.52. The van der Waals surface area contributed by atoms with Crippen molar-refractivity contribution >= 4 is 35.1 Å². The summed E-state index contributed by atoms with van der Waals surface area (Å²) in [5.74, 6) is -3.41. The first-order chi connectivity index (χ1) is 15.6. The molecule has 1 aliphatic heterocycles. The number of halogens is 1. The molecule has 1 saturated heterocycles. The summed E-state index contributed by atoms with van der Waals surface area (Å²) in [6.07, 6.45) is 3.74. The fourth-order valence-corrected chi connectivity index (χ4v) is 5.37. The van der Waals surface area contributed by atoms with Gasteiger partial charge in [-0.25, -0.2) is 0 Å². The third-order valence-electron chi connectivity index (χ3n) is 6.82. The van der Waals surface area contributed by atoms with E-state index >= 15 is 0 Å². The summed E-state index contributed by atoms with van der Waals surface area (Å²) in [5, 5.41) is 13.4. The molecule has 2 aliphatic rings. The van der Waals surface area contributed by atoms with Crippen LogP contribution in [-0.2, 0) is 19.1 Å².